The summed E-state index contributed by atoms with van der Waals surface area (Å²) in [5.41, 5.74) is 1.29. The zero-order valence-corrected chi connectivity index (χ0v) is 16.2. The monoisotopic (exact) mass is 405 g/mol. The van der Waals surface area contributed by atoms with Crippen molar-refractivity contribution in [3.8, 4) is 0 Å². The summed E-state index contributed by atoms with van der Waals surface area (Å²) >= 11 is 7.26. The van der Waals surface area contributed by atoms with Gasteiger partial charge in [0.2, 0.25) is 5.78 Å². The number of rotatable bonds is 3. The molecule has 2 heterocycles. The van der Waals surface area contributed by atoms with Gasteiger partial charge in [0.1, 0.15) is 4.88 Å². The number of amides is 1. The number of thiophene rings is 1. The largest absolute Gasteiger partial charge is 0.383 e. The van der Waals surface area contributed by atoms with Gasteiger partial charge >= 0.3 is 0 Å². The van der Waals surface area contributed by atoms with Crippen LogP contribution in [-0.4, -0.2) is 42.2 Å². The van der Waals surface area contributed by atoms with Gasteiger partial charge in [0.05, 0.1) is 14.9 Å². The Morgan fingerprint density at radius 3 is 2.59 bits per heavy atom. The van der Waals surface area contributed by atoms with E-state index in [1.807, 2.05) is 14.1 Å². The Balaban J connectivity index is 2.00. The van der Waals surface area contributed by atoms with Crippen molar-refractivity contribution >= 4 is 46.0 Å². The normalized spacial score (nSPS) is 15.4. The fourth-order valence-electron chi connectivity index (χ4n) is 2.85. The number of carbonyl (C=O) groups is 2. The Morgan fingerprint density at radius 2 is 2.00 bits per heavy atom. The van der Waals surface area contributed by atoms with Crippen LogP contribution in [0.15, 0.2) is 42.1 Å². The van der Waals surface area contributed by atoms with E-state index < -0.39 is 4.92 Å². The van der Waals surface area contributed by atoms with E-state index in [1.165, 1.54) is 29.2 Å². The number of ketones is 1. The zero-order valence-electron chi connectivity index (χ0n) is 14.6. The molecule has 0 unspecified atom stereocenters. The van der Waals surface area contributed by atoms with Crippen LogP contribution in [-0.2, 0) is 0 Å². The van der Waals surface area contributed by atoms with Crippen molar-refractivity contribution in [2.75, 3.05) is 25.5 Å². The molecule has 0 saturated heterocycles. The fourth-order valence-corrected chi connectivity index (χ4v) is 4.05. The van der Waals surface area contributed by atoms with E-state index in [0.29, 0.717) is 39.0 Å². The molecular weight excluding hydrogens is 390 g/mol. The van der Waals surface area contributed by atoms with Gasteiger partial charge in [0.25, 0.3) is 11.6 Å². The Kier molecular flexibility index (Phi) is 5.29. The van der Waals surface area contributed by atoms with Gasteiger partial charge in [-0.2, -0.15) is 0 Å². The number of fused-ring (bicyclic) bond motifs is 1. The lowest BCUT2D eigenvalue weighted by Gasteiger charge is -2.20. The van der Waals surface area contributed by atoms with Crippen LogP contribution < -0.4 is 4.90 Å². The highest BCUT2D eigenvalue weighted by Crippen LogP contribution is 2.38. The number of anilines is 1. The van der Waals surface area contributed by atoms with Crippen molar-refractivity contribution in [3.05, 3.63) is 67.0 Å². The maximum atomic E-state index is 13.0. The van der Waals surface area contributed by atoms with Crippen LogP contribution in [0.1, 0.15) is 26.5 Å². The average molecular weight is 406 g/mol. The summed E-state index contributed by atoms with van der Waals surface area (Å²) in [7, 11) is 3.65. The number of hydrogen-bond donors (Lipinski definition) is 0. The van der Waals surface area contributed by atoms with Crippen LogP contribution in [0.5, 0.6) is 0 Å². The number of non-ortho nitro benzene ring substituents is 1. The van der Waals surface area contributed by atoms with Gasteiger partial charge in [-0.25, -0.2) is 0 Å². The molecule has 140 valence electrons. The second kappa shape index (κ2) is 7.50. The van der Waals surface area contributed by atoms with Crippen molar-refractivity contribution in [1.82, 2.24) is 4.90 Å². The topological polar surface area (TPSA) is 83.8 Å². The quantitative estimate of drug-likeness (QED) is 0.438. The number of hydrogen-bond acceptors (Lipinski definition) is 6. The second-order valence-electron chi connectivity index (χ2n) is 6.22. The highest BCUT2D eigenvalue weighted by Gasteiger charge is 2.31. The van der Waals surface area contributed by atoms with Gasteiger partial charge < -0.3 is 9.80 Å². The summed E-state index contributed by atoms with van der Waals surface area (Å²) in [6.45, 7) is 0.307. The Morgan fingerprint density at radius 1 is 1.33 bits per heavy atom. The number of nitro benzene ring substituents is 1. The number of Topliss-reactive ketones (excluding diaryl/α,β-unsaturated/α-hetero) is 1. The standard InChI is InChI=1S/C18H16ClN3O4S/c1-20(2)10-12-7-8-21(14-9-15(19)27-17(14)16(12)23)18(24)11-3-5-13(6-4-11)22(25)26/h3-6,9-10H,7-8H2,1-2H3/b12-10-. The van der Waals surface area contributed by atoms with E-state index in [9.17, 15) is 19.7 Å². The molecule has 2 aromatic rings. The number of halogens is 1. The van der Waals surface area contributed by atoms with E-state index in [4.69, 9.17) is 11.6 Å². The van der Waals surface area contributed by atoms with E-state index in [1.54, 1.807) is 17.2 Å². The summed E-state index contributed by atoms with van der Waals surface area (Å²) in [6, 6.07) is 7.01. The van der Waals surface area contributed by atoms with Crippen LogP contribution >= 0.6 is 22.9 Å². The third kappa shape index (κ3) is 3.86. The minimum absolute atomic E-state index is 0.0898. The highest BCUT2D eigenvalue weighted by atomic mass is 35.5. The lowest BCUT2D eigenvalue weighted by molar-refractivity contribution is -0.384. The first-order valence-corrected chi connectivity index (χ1v) is 9.25. The van der Waals surface area contributed by atoms with E-state index >= 15 is 0 Å². The molecule has 0 N–H and O–H groups in total. The van der Waals surface area contributed by atoms with Crippen molar-refractivity contribution in [2.45, 2.75) is 6.42 Å². The van der Waals surface area contributed by atoms with Crippen molar-refractivity contribution in [2.24, 2.45) is 0 Å². The summed E-state index contributed by atoms with van der Waals surface area (Å²) in [5, 5.41) is 10.8. The van der Waals surface area contributed by atoms with Gasteiger partial charge in [-0.1, -0.05) is 11.6 Å². The van der Waals surface area contributed by atoms with Crippen molar-refractivity contribution < 1.29 is 14.5 Å². The molecule has 1 aromatic heterocycles. The molecule has 1 aromatic carbocycles. The Hall–Kier alpha value is -2.71. The fraction of sp³-hybridized carbons (Fsp3) is 0.222. The molecule has 7 nitrogen and oxygen atoms in total. The average Bonchev–Trinajstić information content (AvgIpc) is 2.96. The summed E-state index contributed by atoms with van der Waals surface area (Å²) in [4.78, 5) is 39.9. The molecule has 1 aliphatic rings. The molecule has 3 rings (SSSR count). The maximum absolute atomic E-state index is 13.0. The molecule has 0 saturated carbocycles. The van der Waals surface area contributed by atoms with Crippen LogP contribution in [0.25, 0.3) is 0 Å². The Labute approximate surface area is 164 Å². The van der Waals surface area contributed by atoms with Crippen molar-refractivity contribution in [1.29, 1.82) is 0 Å². The molecule has 9 heteroatoms. The second-order valence-corrected chi connectivity index (χ2v) is 7.91. The van der Waals surface area contributed by atoms with E-state index in [0.717, 1.165) is 11.3 Å². The summed E-state index contributed by atoms with van der Waals surface area (Å²) in [6.07, 6.45) is 2.15. The Bertz CT molecular complexity index is 950. The molecule has 0 spiro atoms. The van der Waals surface area contributed by atoms with Gasteiger partial charge in [0.15, 0.2) is 0 Å². The van der Waals surface area contributed by atoms with Crippen LogP contribution in [0, 0.1) is 10.1 Å². The third-order valence-corrected chi connectivity index (χ3v) is 5.31. The van der Waals surface area contributed by atoms with Gasteiger partial charge in [-0.3, -0.25) is 19.7 Å². The van der Waals surface area contributed by atoms with Gasteiger partial charge in [0, 0.05) is 50.1 Å². The first kappa shape index (κ1) is 19.1. The van der Waals surface area contributed by atoms with Crippen LogP contribution in [0.2, 0.25) is 4.34 Å². The van der Waals surface area contributed by atoms with Crippen LogP contribution in [0.4, 0.5) is 11.4 Å². The summed E-state index contributed by atoms with van der Waals surface area (Å²) in [5.74, 6) is -0.478. The van der Waals surface area contributed by atoms with Crippen molar-refractivity contribution in [3.63, 3.8) is 0 Å². The lowest BCUT2D eigenvalue weighted by Crippen LogP contribution is -2.31. The first-order chi connectivity index (χ1) is 12.8. The van der Waals surface area contributed by atoms with E-state index in [2.05, 4.69) is 0 Å². The molecule has 1 aliphatic heterocycles. The van der Waals surface area contributed by atoms with Gasteiger partial charge in [-0.15, -0.1) is 11.3 Å². The predicted octanol–water partition coefficient (Wildman–Crippen LogP) is 3.99. The van der Waals surface area contributed by atoms with Gasteiger partial charge in [-0.05, 0) is 24.6 Å². The SMILES string of the molecule is CN(C)/C=C1/CCN(C(=O)c2ccc([N+](=O)[O-])cc2)c2cc(Cl)sc2C1=O. The molecule has 0 bridgehead atoms. The minimum atomic E-state index is -0.520. The minimum Gasteiger partial charge on any atom is -0.383 e. The predicted molar refractivity (Wildman–Crippen MR) is 105 cm³/mol. The third-order valence-electron chi connectivity index (χ3n) is 4.06. The number of nitro groups is 1. The maximum Gasteiger partial charge on any atom is 0.269 e. The molecule has 1 amide bonds. The lowest BCUT2D eigenvalue weighted by atomic mass is 10.1. The summed E-state index contributed by atoms with van der Waals surface area (Å²) < 4.78 is 0.418. The smallest absolute Gasteiger partial charge is 0.269 e. The molecule has 0 fully saturated rings. The van der Waals surface area contributed by atoms with E-state index in [-0.39, 0.29) is 17.4 Å². The van der Waals surface area contributed by atoms with Crippen LogP contribution in [0.3, 0.4) is 0 Å². The molecule has 0 atom stereocenters. The number of benzene rings is 1. The molecule has 0 aliphatic carbocycles. The molecule has 27 heavy (non-hydrogen) atoms. The number of carbonyl (C=O) groups excluding carboxylic acids is 2. The highest BCUT2D eigenvalue weighted by molar-refractivity contribution is 7.18. The molecule has 0 radical (unpaired) electrons. The number of nitrogens with zero attached hydrogens (tertiary/aromatic N) is 3. The first-order valence-electron chi connectivity index (χ1n) is 8.05. The zero-order chi connectivity index (χ0) is 19.7. The molecular formula is C18H16ClN3O4S.